The maximum Gasteiger partial charge on any atom is 0.289 e. The lowest BCUT2D eigenvalue weighted by Gasteiger charge is -2.17. The Morgan fingerprint density at radius 1 is 1.22 bits per heavy atom. The zero-order chi connectivity index (χ0) is 16.7. The number of furan rings is 1. The lowest BCUT2D eigenvalue weighted by atomic mass is 10.3. The van der Waals surface area contributed by atoms with Crippen LogP contribution in [-0.4, -0.2) is 42.7 Å². The molecular weight excluding hydrogens is 298 g/mol. The van der Waals surface area contributed by atoms with E-state index in [0.29, 0.717) is 23.8 Å². The van der Waals surface area contributed by atoms with Crippen LogP contribution in [0.4, 0.5) is 0 Å². The first kappa shape index (κ1) is 16.9. The van der Waals surface area contributed by atoms with Gasteiger partial charge in [-0.25, -0.2) is 0 Å². The van der Waals surface area contributed by atoms with Crippen LogP contribution in [0.3, 0.4) is 0 Å². The third kappa shape index (κ3) is 4.26. The summed E-state index contributed by atoms with van der Waals surface area (Å²) in [5.74, 6) is 1.77. The number of ether oxygens (including phenoxy) is 2. The van der Waals surface area contributed by atoms with E-state index in [9.17, 15) is 4.79 Å². The average Bonchev–Trinajstić information content (AvgIpc) is 3.06. The Bertz CT molecular complexity index is 637. The predicted octanol–water partition coefficient (Wildman–Crippen LogP) is 2.32. The van der Waals surface area contributed by atoms with Crippen molar-refractivity contribution in [3.63, 3.8) is 0 Å². The van der Waals surface area contributed by atoms with Gasteiger partial charge in [0.15, 0.2) is 17.3 Å². The summed E-state index contributed by atoms with van der Waals surface area (Å²) in [6.07, 6.45) is 0. The van der Waals surface area contributed by atoms with E-state index in [4.69, 9.17) is 19.0 Å². The number of carbonyl (C=O) groups is 1. The largest absolute Gasteiger partial charge is 0.493 e. The van der Waals surface area contributed by atoms with Gasteiger partial charge in [0.05, 0.1) is 13.7 Å². The second-order valence-electron chi connectivity index (χ2n) is 4.81. The highest BCUT2D eigenvalue weighted by molar-refractivity contribution is 5.91. The summed E-state index contributed by atoms with van der Waals surface area (Å²) in [6.45, 7) is 2.75. The molecule has 1 N–H and O–H groups in total. The summed E-state index contributed by atoms with van der Waals surface area (Å²) >= 11 is 0. The van der Waals surface area contributed by atoms with E-state index in [1.54, 1.807) is 31.4 Å². The van der Waals surface area contributed by atoms with Crippen LogP contribution in [0.25, 0.3) is 0 Å². The van der Waals surface area contributed by atoms with E-state index in [-0.39, 0.29) is 31.4 Å². The fraction of sp³-hybridized carbons (Fsp3) is 0.353. The summed E-state index contributed by atoms with van der Waals surface area (Å²) in [5, 5.41) is 8.97. The van der Waals surface area contributed by atoms with Gasteiger partial charge in [-0.1, -0.05) is 12.1 Å². The third-order valence-corrected chi connectivity index (χ3v) is 3.35. The van der Waals surface area contributed by atoms with Crippen molar-refractivity contribution >= 4 is 5.91 Å². The summed E-state index contributed by atoms with van der Waals surface area (Å²) in [5.41, 5.74) is 0. The molecule has 1 amide bonds. The summed E-state index contributed by atoms with van der Waals surface area (Å²) in [7, 11) is 1.58. The number of nitrogens with zero attached hydrogens (tertiary/aromatic N) is 1. The van der Waals surface area contributed by atoms with Crippen molar-refractivity contribution in [1.29, 1.82) is 0 Å². The number of hydrogen-bond acceptors (Lipinski definition) is 5. The molecule has 2 aromatic rings. The van der Waals surface area contributed by atoms with Crippen molar-refractivity contribution in [3.05, 3.63) is 47.9 Å². The lowest BCUT2D eigenvalue weighted by molar-refractivity contribution is 0.0696. The molecule has 0 bridgehead atoms. The minimum absolute atomic E-state index is 0.0793. The highest BCUT2D eigenvalue weighted by atomic mass is 16.5. The molecule has 6 nitrogen and oxygen atoms in total. The Morgan fingerprint density at radius 2 is 1.96 bits per heavy atom. The van der Waals surface area contributed by atoms with Gasteiger partial charge in [-0.15, -0.1) is 0 Å². The first-order chi connectivity index (χ1) is 11.2. The molecule has 0 atom stereocenters. The molecule has 0 spiro atoms. The minimum Gasteiger partial charge on any atom is -0.493 e. The number of aliphatic hydroxyl groups is 1. The van der Waals surface area contributed by atoms with Gasteiger partial charge < -0.3 is 23.9 Å². The summed E-state index contributed by atoms with van der Waals surface area (Å²) in [6, 6.07) is 10.6. The summed E-state index contributed by atoms with van der Waals surface area (Å²) < 4.78 is 16.4. The number of methoxy groups -OCH3 is 1. The first-order valence-corrected chi connectivity index (χ1v) is 7.44. The van der Waals surface area contributed by atoms with Crippen molar-refractivity contribution in [1.82, 2.24) is 4.90 Å². The number of rotatable bonds is 8. The van der Waals surface area contributed by atoms with Gasteiger partial charge in [0.25, 0.3) is 5.91 Å². The Hall–Kier alpha value is -2.47. The molecule has 0 aliphatic rings. The van der Waals surface area contributed by atoms with E-state index in [1.165, 1.54) is 4.90 Å². The van der Waals surface area contributed by atoms with Gasteiger partial charge in [-0.3, -0.25) is 4.79 Å². The molecule has 1 aromatic carbocycles. The molecule has 0 saturated heterocycles. The molecule has 23 heavy (non-hydrogen) atoms. The Labute approximate surface area is 135 Å². The standard InChI is InChI=1S/C17H21NO5/c1-3-18(10-11-19)17(20)16-9-8-13(23-16)12-22-15-7-5-4-6-14(15)21-2/h4-9,19H,3,10-12H2,1-2H3. The van der Waals surface area contributed by atoms with Crippen LogP contribution in [0.1, 0.15) is 23.2 Å². The highest BCUT2D eigenvalue weighted by Crippen LogP contribution is 2.26. The van der Waals surface area contributed by atoms with Crippen molar-refractivity contribution in [3.8, 4) is 11.5 Å². The van der Waals surface area contributed by atoms with E-state index < -0.39 is 0 Å². The van der Waals surface area contributed by atoms with Gasteiger partial charge >= 0.3 is 0 Å². The van der Waals surface area contributed by atoms with Gasteiger partial charge in [-0.2, -0.15) is 0 Å². The summed E-state index contributed by atoms with van der Waals surface area (Å²) in [4.78, 5) is 13.7. The lowest BCUT2D eigenvalue weighted by Crippen LogP contribution is -2.33. The molecular formula is C17H21NO5. The maximum atomic E-state index is 12.2. The van der Waals surface area contributed by atoms with Crippen molar-refractivity contribution in [2.45, 2.75) is 13.5 Å². The Balaban J connectivity index is 2.01. The monoisotopic (exact) mass is 319 g/mol. The Kier molecular flexibility index (Phi) is 6.05. The van der Waals surface area contributed by atoms with Crippen LogP contribution in [0.5, 0.6) is 11.5 Å². The first-order valence-electron chi connectivity index (χ1n) is 7.44. The normalized spacial score (nSPS) is 10.4. The van der Waals surface area contributed by atoms with Gasteiger partial charge in [0.1, 0.15) is 12.4 Å². The molecule has 0 aliphatic heterocycles. The van der Waals surface area contributed by atoms with Crippen molar-refractivity contribution in [2.75, 3.05) is 26.8 Å². The molecule has 6 heteroatoms. The van der Waals surface area contributed by atoms with Gasteiger partial charge in [0, 0.05) is 13.1 Å². The van der Waals surface area contributed by atoms with Crippen LogP contribution in [0, 0.1) is 0 Å². The topological polar surface area (TPSA) is 72.1 Å². The van der Waals surface area contributed by atoms with E-state index >= 15 is 0 Å². The van der Waals surface area contributed by atoms with Gasteiger partial charge in [0.2, 0.25) is 0 Å². The fourth-order valence-electron chi connectivity index (χ4n) is 2.14. The number of para-hydroxylation sites is 2. The number of benzene rings is 1. The van der Waals surface area contributed by atoms with E-state index in [1.807, 2.05) is 19.1 Å². The highest BCUT2D eigenvalue weighted by Gasteiger charge is 2.17. The van der Waals surface area contributed by atoms with Crippen LogP contribution < -0.4 is 9.47 Å². The fourth-order valence-corrected chi connectivity index (χ4v) is 2.14. The predicted molar refractivity (Wildman–Crippen MR) is 84.7 cm³/mol. The molecule has 0 fully saturated rings. The SMILES string of the molecule is CCN(CCO)C(=O)c1ccc(COc2ccccc2OC)o1. The smallest absolute Gasteiger partial charge is 0.289 e. The van der Waals surface area contributed by atoms with Crippen LogP contribution >= 0.6 is 0 Å². The third-order valence-electron chi connectivity index (χ3n) is 3.35. The molecule has 1 heterocycles. The quantitative estimate of drug-likeness (QED) is 0.808. The second kappa shape index (κ2) is 8.24. The molecule has 0 aliphatic carbocycles. The average molecular weight is 319 g/mol. The van der Waals surface area contributed by atoms with E-state index in [0.717, 1.165) is 0 Å². The zero-order valence-corrected chi connectivity index (χ0v) is 13.3. The maximum absolute atomic E-state index is 12.2. The van der Waals surface area contributed by atoms with Crippen molar-refractivity contribution < 1.29 is 23.8 Å². The van der Waals surface area contributed by atoms with Crippen LogP contribution in [0.15, 0.2) is 40.8 Å². The van der Waals surface area contributed by atoms with E-state index in [2.05, 4.69) is 0 Å². The molecule has 0 saturated carbocycles. The molecule has 0 unspecified atom stereocenters. The number of hydrogen-bond donors (Lipinski definition) is 1. The van der Waals surface area contributed by atoms with Crippen molar-refractivity contribution in [2.24, 2.45) is 0 Å². The van der Waals surface area contributed by atoms with Crippen LogP contribution in [-0.2, 0) is 6.61 Å². The second-order valence-corrected chi connectivity index (χ2v) is 4.81. The Morgan fingerprint density at radius 3 is 2.61 bits per heavy atom. The van der Waals surface area contributed by atoms with Crippen LogP contribution in [0.2, 0.25) is 0 Å². The number of aliphatic hydroxyl groups excluding tert-OH is 1. The number of amides is 1. The zero-order valence-electron chi connectivity index (χ0n) is 13.3. The molecule has 124 valence electrons. The number of carbonyl (C=O) groups excluding carboxylic acids is 1. The number of likely N-dealkylation sites (N-methyl/N-ethyl adjacent to an activating group) is 1. The van der Waals surface area contributed by atoms with Gasteiger partial charge in [-0.05, 0) is 31.2 Å². The minimum atomic E-state index is -0.245. The molecule has 0 radical (unpaired) electrons. The molecule has 1 aromatic heterocycles. The molecule has 2 rings (SSSR count).